The molecular weight excluding hydrogens is 228 g/mol. The van der Waals surface area contributed by atoms with Gasteiger partial charge in [-0.1, -0.05) is 18.5 Å². The lowest BCUT2D eigenvalue weighted by molar-refractivity contribution is -0.137. The van der Waals surface area contributed by atoms with Gasteiger partial charge in [0.1, 0.15) is 5.58 Å². The summed E-state index contributed by atoms with van der Waals surface area (Å²) in [5, 5.41) is 10.3. The van der Waals surface area contributed by atoms with Crippen LogP contribution in [0.3, 0.4) is 0 Å². The first-order valence-electron chi connectivity index (χ1n) is 4.96. The minimum Gasteiger partial charge on any atom is -0.481 e. The standard InChI is InChI=1S/C12H11ClO3/c1-7(4-11(14)15)10-6-9(13)5-8-2-3-16-12(8)10/h2-3,5-7H,4H2,1H3,(H,14,15). The monoisotopic (exact) mass is 238 g/mol. The molecule has 0 amide bonds. The molecular formula is C12H11ClO3. The van der Waals surface area contributed by atoms with Gasteiger partial charge in [0.15, 0.2) is 0 Å². The lowest BCUT2D eigenvalue weighted by Gasteiger charge is -2.10. The van der Waals surface area contributed by atoms with Crippen LogP contribution in [0.1, 0.15) is 24.8 Å². The quantitative estimate of drug-likeness (QED) is 0.888. The summed E-state index contributed by atoms with van der Waals surface area (Å²) in [6.45, 7) is 1.85. The predicted octanol–water partition coefficient (Wildman–Crippen LogP) is 3.66. The van der Waals surface area contributed by atoms with Crippen LogP contribution in [0, 0.1) is 0 Å². The largest absolute Gasteiger partial charge is 0.481 e. The maximum absolute atomic E-state index is 10.7. The molecule has 1 N–H and O–H groups in total. The lowest BCUT2D eigenvalue weighted by atomic mass is 9.96. The second-order valence-electron chi connectivity index (χ2n) is 3.83. The van der Waals surface area contributed by atoms with Gasteiger partial charge in [-0.15, -0.1) is 0 Å². The van der Waals surface area contributed by atoms with Gasteiger partial charge >= 0.3 is 5.97 Å². The molecule has 0 aliphatic rings. The molecule has 0 radical (unpaired) electrons. The molecule has 0 bridgehead atoms. The van der Waals surface area contributed by atoms with E-state index in [2.05, 4.69) is 0 Å². The number of carboxylic acids is 1. The summed E-state index contributed by atoms with van der Waals surface area (Å²) in [6.07, 6.45) is 1.65. The number of hydrogen-bond donors (Lipinski definition) is 1. The SMILES string of the molecule is CC(CC(=O)O)c1cc(Cl)cc2ccoc12. The van der Waals surface area contributed by atoms with Crippen LogP contribution in [-0.2, 0) is 4.79 Å². The molecule has 1 heterocycles. The Morgan fingerprint density at radius 2 is 2.31 bits per heavy atom. The average Bonchev–Trinajstić information content (AvgIpc) is 2.62. The molecule has 16 heavy (non-hydrogen) atoms. The first-order valence-corrected chi connectivity index (χ1v) is 5.34. The van der Waals surface area contributed by atoms with Gasteiger partial charge in [-0.25, -0.2) is 0 Å². The zero-order valence-electron chi connectivity index (χ0n) is 8.74. The van der Waals surface area contributed by atoms with Crippen LogP contribution in [0.15, 0.2) is 28.9 Å². The van der Waals surface area contributed by atoms with E-state index in [1.165, 1.54) is 0 Å². The van der Waals surface area contributed by atoms with Crippen molar-refractivity contribution in [3.8, 4) is 0 Å². The molecule has 4 heteroatoms. The van der Waals surface area contributed by atoms with Crippen molar-refractivity contribution in [2.75, 3.05) is 0 Å². The van der Waals surface area contributed by atoms with Gasteiger partial charge in [0.2, 0.25) is 0 Å². The zero-order chi connectivity index (χ0) is 11.7. The van der Waals surface area contributed by atoms with E-state index in [1.807, 2.05) is 13.0 Å². The Bertz CT molecular complexity index is 530. The summed E-state index contributed by atoms with van der Waals surface area (Å²) < 4.78 is 5.36. The van der Waals surface area contributed by atoms with E-state index in [-0.39, 0.29) is 12.3 Å². The highest BCUT2D eigenvalue weighted by molar-refractivity contribution is 6.31. The highest BCUT2D eigenvalue weighted by Crippen LogP contribution is 2.31. The van der Waals surface area contributed by atoms with E-state index in [4.69, 9.17) is 21.1 Å². The molecule has 1 aromatic carbocycles. The van der Waals surface area contributed by atoms with Crippen molar-refractivity contribution in [3.05, 3.63) is 35.0 Å². The summed E-state index contributed by atoms with van der Waals surface area (Å²) in [5.41, 5.74) is 1.56. The fourth-order valence-corrected chi connectivity index (χ4v) is 2.04. The number of hydrogen-bond acceptors (Lipinski definition) is 2. The molecule has 1 unspecified atom stereocenters. The predicted molar refractivity (Wildman–Crippen MR) is 61.9 cm³/mol. The molecule has 2 rings (SSSR count). The highest BCUT2D eigenvalue weighted by Gasteiger charge is 2.15. The van der Waals surface area contributed by atoms with E-state index in [0.29, 0.717) is 5.02 Å². The van der Waals surface area contributed by atoms with Crippen molar-refractivity contribution in [2.24, 2.45) is 0 Å². The normalized spacial score (nSPS) is 12.9. The van der Waals surface area contributed by atoms with E-state index in [0.717, 1.165) is 16.5 Å². The Morgan fingerprint density at radius 3 is 3.00 bits per heavy atom. The topological polar surface area (TPSA) is 50.4 Å². The van der Waals surface area contributed by atoms with Crippen molar-refractivity contribution in [3.63, 3.8) is 0 Å². The maximum atomic E-state index is 10.7. The van der Waals surface area contributed by atoms with Gasteiger partial charge in [0.05, 0.1) is 12.7 Å². The molecule has 0 saturated carbocycles. The summed E-state index contributed by atoms with van der Waals surface area (Å²) in [7, 11) is 0. The summed E-state index contributed by atoms with van der Waals surface area (Å²) >= 11 is 5.97. The van der Waals surface area contributed by atoms with Crippen LogP contribution in [0.2, 0.25) is 5.02 Å². The van der Waals surface area contributed by atoms with Gasteiger partial charge in [0.25, 0.3) is 0 Å². The van der Waals surface area contributed by atoms with Gasteiger partial charge in [-0.2, -0.15) is 0 Å². The molecule has 1 atom stereocenters. The molecule has 1 aromatic heterocycles. The third-order valence-corrected chi connectivity index (χ3v) is 2.77. The van der Waals surface area contributed by atoms with E-state index in [1.54, 1.807) is 18.4 Å². The third-order valence-electron chi connectivity index (χ3n) is 2.56. The van der Waals surface area contributed by atoms with Gasteiger partial charge in [-0.3, -0.25) is 4.79 Å². The number of aliphatic carboxylic acids is 1. The number of carboxylic acid groups (broad SMARTS) is 1. The fourth-order valence-electron chi connectivity index (χ4n) is 1.81. The smallest absolute Gasteiger partial charge is 0.303 e. The Balaban J connectivity index is 2.49. The first-order chi connectivity index (χ1) is 7.58. The fraction of sp³-hybridized carbons (Fsp3) is 0.250. The first kappa shape index (κ1) is 11.0. The number of rotatable bonds is 3. The van der Waals surface area contributed by atoms with Crippen LogP contribution in [-0.4, -0.2) is 11.1 Å². The Kier molecular flexibility index (Phi) is 2.88. The van der Waals surface area contributed by atoms with Crippen molar-refractivity contribution in [1.29, 1.82) is 0 Å². The highest BCUT2D eigenvalue weighted by atomic mass is 35.5. The van der Waals surface area contributed by atoms with E-state index in [9.17, 15) is 4.79 Å². The molecule has 2 aromatic rings. The Morgan fingerprint density at radius 1 is 1.56 bits per heavy atom. The maximum Gasteiger partial charge on any atom is 0.303 e. The van der Waals surface area contributed by atoms with Gasteiger partial charge in [-0.05, 0) is 24.1 Å². The van der Waals surface area contributed by atoms with Crippen LogP contribution in [0.5, 0.6) is 0 Å². The Hall–Kier alpha value is -1.48. The Labute approximate surface area is 97.6 Å². The minimum atomic E-state index is -0.827. The molecule has 0 spiro atoms. The zero-order valence-corrected chi connectivity index (χ0v) is 9.49. The molecule has 0 aliphatic heterocycles. The van der Waals surface area contributed by atoms with Gasteiger partial charge < -0.3 is 9.52 Å². The van der Waals surface area contributed by atoms with Crippen LogP contribution in [0.4, 0.5) is 0 Å². The summed E-state index contributed by atoms with van der Waals surface area (Å²) in [4.78, 5) is 10.7. The van der Waals surface area contributed by atoms with Crippen molar-refractivity contribution in [1.82, 2.24) is 0 Å². The second-order valence-corrected chi connectivity index (χ2v) is 4.27. The van der Waals surface area contributed by atoms with Crippen molar-refractivity contribution >= 4 is 28.5 Å². The summed E-state index contributed by atoms with van der Waals surface area (Å²) in [5.74, 6) is -0.947. The number of halogens is 1. The number of furan rings is 1. The van der Waals surface area contributed by atoms with Gasteiger partial charge in [0, 0.05) is 16.0 Å². The van der Waals surface area contributed by atoms with Crippen LogP contribution < -0.4 is 0 Å². The molecule has 84 valence electrons. The molecule has 3 nitrogen and oxygen atoms in total. The van der Waals surface area contributed by atoms with Crippen LogP contribution in [0.25, 0.3) is 11.0 Å². The lowest BCUT2D eigenvalue weighted by Crippen LogP contribution is -2.03. The average molecular weight is 239 g/mol. The molecule has 0 aliphatic carbocycles. The minimum absolute atomic E-state index is 0.0656. The molecule has 0 fully saturated rings. The van der Waals surface area contributed by atoms with E-state index < -0.39 is 5.97 Å². The number of carbonyl (C=O) groups is 1. The van der Waals surface area contributed by atoms with Crippen molar-refractivity contribution < 1.29 is 14.3 Å². The summed E-state index contributed by atoms with van der Waals surface area (Å²) in [6, 6.07) is 5.39. The van der Waals surface area contributed by atoms with E-state index >= 15 is 0 Å². The molecule has 0 saturated heterocycles. The number of fused-ring (bicyclic) bond motifs is 1. The number of benzene rings is 1. The van der Waals surface area contributed by atoms with Crippen molar-refractivity contribution in [2.45, 2.75) is 19.3 Å². The third kappa shape index (κ3) is 2.04. The second kappa shape index (κ2) is 4.18. The van der Waals surface area contributed by atoms with Crippen LogP contribution >= 0.6 is 11.6 Å².